The Bertz CT molecular complexity index is 368. The van der Waals surface area contributed by atoms with E-state index in [1.165, 1.54) is 13.3 Å². The largest absolute Gasteiger partial charge is 0.573 e. The van der Waals surface area contributed by atoms with E-state index in [0.717, 1.165) is 0 Å². The van der Waals surface area contributed by atoms with Crippen molar-refractivity contribution in [1.82, 2.24) is 4.98 Å². The van der Waals surface area contributed by atoms with Crippen LogP contribution in [0.2, 0.25) is 0 Å². The predicted molar refractivity (Wildman–Crippen MR) is 54.9 cm³/mol. The third-order valence-electron chi connectivity index (χ3n) is 1.55. The summed E-state index contributed by atoms with van der Waals surface area (Å²) in [6.45, 7) is 1.59. The minimum absolute atomic E-state index is 0.0479. The number of alkyl halides is 3. The fourth-order valence-corrected chi connectivity index (χ4v) is 1.50. The highest BCUT2D eigenvalue weighted by Gasteiger charge is 2.34. The summed E-state index contributed by atoms with van der Waals surface area (Å²) in [6.07, 6.45) is -3.33. The number of methoxy groups -OCH3 is 1. The van der Waals surface area contributed by atoms with Gasteiger partial charge in [-0.2, -0.15) is 0 Å². The first-order chi connectivity index (χ1) is 6.85. The van der Waals surface area contributed by atoms with E-state index in [9.17, 15) is 13.2 Å². The van der Waals surface area contributed by atoms with Crippen molar-refractivity contribution in [3.63, 3.8) is 0 Å². The fourth-order valence-electron chi connectivity index (χ4n) is 1.00. The van der Waals surface area contributed by atoms with Gasteiger partial charge >= 0.3 is 6.36 Å². The van der Waals surface area contributed by atoms with Crippen LogP contribution in [-0.4, -0.2) is 18.5 Å². The first-order valence-electron chi connectivity index (χ1n) is 3.80. The molecule has 15 heavy (non-hydrogen) atoms. The van der Waals surface area contributed by atoms with Crippen LogP contribution >= 0.6 is 22.6 Å². The summed E-state index contributed by atoms with van der Waals surface area (Å²) in [7, 11) is 1.28. The van der Waals surface area contributed by atoms with E-state index in [-0.39, 0.29) is 9.45 Å². The van der Waals surface area contributed by atoms with Gasteiger partial charge in [0.05, 0.1) is 7.11 Å². The number of nitrogens with zero attached hydrogens (tertiary/aromatic N) is 1. The second kappa shape index (κ2) is 4.42. The predicted octanol–water partition coefficient (Wildman–Crippen LogP) is 2.90. The molecule has 0 saturated carbocycles. The van der Waals surface area contributed by atoms with Crippen LogP contribution in [-0.2, 0) is 0 Å². The molecule has 7 heteroatoms. The van der Waals surface area contributed by atoms with Gasteiger partial charge in [-0.05, 0) is 29.5 Å². The summed E-state index contributed by atoms with van der Waals surface area (Å²) in [5, 5.41) is 0. The van der Waals surface area contributed by atoms with Crippen LogP contribution in [0.15, 0.2) is 6.20 Å². The molecule has 1 heterocycles. The molecule has 0 fully saturated rings. The molecule has 0 aliphatic rings. The second-order valence-corrected chi connectivity index (χ2v) is 3.66. The van der Waals surface area contributed by atoms with Crippen LogP contribution in [0.3, 0.4) is 0 Å². The van der Waals surface area contributed by atoms with Crippen molar-refractivity contribution in [2.24, 2.45) is 0 Å². The molecular formula is C8H7F3INO2. The number of hydrogen-bond acceptors (Lipinski definition) is 3. The number of hydrogen-bond donors (Lipinski definition) is 0. The Labute approximate surface area is 97.7 Å². The maximum absolute atomic E-state index is 12.1. The zero-order valence-electron chi connectivity index (χ0n) is 7.85. The van der Waals surface area contributed by atoms with Crippen molar-refractivity contribution >= 4 is 22.6 Å². The molecular weight excluding hydrogens is 326 g/mol. The zero-order valence-corrected chi connectivity index (χ0v) is 10.0. The van der Waals surface area contributed by atoms with Gasteiger partial charge in [0, 0.05) is 11.8 Å². The Kier molecular flexibility index (Phi) is 3.63. The Morgan fingerprint density at radius 2 is 1.93 bits per heavy atom. The Morgan fingerprint density at radius 1 is 1.33 bits per heavy atom. The van der Waals surface area contributed by atoms with Gasteiger partial charge in [-0.3, -0.25) is 0 Å². The molecule has 0 amide bonds. The lowest BCUT2D eigenvalue weighted by molar-refractivity contribution is -0.275. The molecule has 0 aliphatic carbocycles. The number of aryl methyl sites for hydroxylation is 1. The van der Waals surface area contributed by atoms with E-state index >= 15 is 0 Å². The van der Waals surface area contributed by atoms with Crippen LogP contribution in [0.5, 0.6) is 11.5 Å². The molecule has 0 aliphatic heterocycles. The van der Waals surface area contributed by atoms with Gasteiger partial charge in [0.25, 0.3) is 0 Å². The minimum atomic E-state index is -4.75. The van der Waals surface area contributed by atoms with Gasteiger partial charge in [-0.25, -0.2) is 4.98 Å². The van der Waals surface area contributed by atoms with E-state index in [2.05, 4.69) is 9.72 Å². The second-order valence-electron chi connectivity index (χ2n) is 2.64. The maximum atomic E-state index is 12.1. The average Bonchev–Trinajstić information content (AvgIpc) is 2.10. The summed E-state index contributed by atoms with van der Waals surface area (Å²) in [4.78, 5) is 3.75. The molecule has 3 nitrogen and oxygen atoms in total. The van der Waals surface area contributed by atoms with E-state index in [4.69, 9.17) is 4.74 Å². The fraction of sp³-hybridized carbons (Fsp3) is 0.375. The Morgan fingerprint density at radius 3 is 2.40 bits per heavy atom. The van der Waals surface area contributed by atoms with Gasteiger partial charge in [-0.1, -0.05) is 0 Å². The molecule has 0 N–H and O–H groups in total. The third-order valence-corrected chi connectivity index (χ3v) is 2.31. The number of aromatic nitrogens is 1. The number of pyridine rings is 1. The molecule has 0 radical (unpaired) electrons. The maximum Gasteiger partial charge on any atom is 0.573 e. The molecule has 1 aromatic heterocycles. The van der Waals surface area contributed by atoms with Crippen molar-refractivity contribution in [1.29, 1.82) is 0 Å². The van der Waals surface area contributed by atoms with Crippen molar-refractivity contribution in [3.8, 4) is 11.5 Å². The molecule has 0 bridgehead atoms. The first-order valence-corrected chi connectivity index (χ1v) is 4.88. The standard InChI is InChI=1S/C8H7F3INO2/c1-4-3-13-7(12)6(5(4)14-2)15-8(9,10)11/h3H,1-2H3. The summed E-state index contributed by atoms with van der Waals surface area (Å²) in [5.41, 5.74) is 0.483. The highest BCUT2D eigenvalue weighted by molar-refractivity contribution is 14.1. The van der Waals surface area contributed by atoms with Gasteiger partial charge in [0.2, 0.25) is 5.75 Å². The van der Waals surface area contributed by atoms with Crippen LogP contribution in [0.1, 0.15) is 5.56 Å². The quantitative estimate of drug-likeness (QED) is 0.616. The number of rotatable bonds is 2. The summed E-state index contributed by atoms with van der Waals surface area (Å²) < 4.78 is 45.0. The first kappa shape index (κ1) is 12.3. The van der Waals surface area contributed by atoms with E-state index < -0.39 is 12.1 Å². The highest BCUT2D eigenvalue weighted by atomic mass is 127. The van der Waals surface area contributed by atoms with Crippen molar-refractivity contribution < 1.29 is 22.6 Å². The molecule has 1 rings (SSSR count). The van der Waals surface area contributed by atoms with Crippen LogP contribution < -0.4 is 9.47 Å². The van der Waals surface area contributed by atoms with Gasteiger partial charge in [0.15, 0.2) is 5.75 Å². The van der Waals surface area contributed by atoms with Crippen LogP contribution in [0, 0.1) is 10.6 Å². The lowest BCUT2D eigenvalue weighted by atomic mass is 10.3. The van der Waals surface area contributed by atoms with Gasteiger partial charge in [0.1, 0.15) is 3.70 Å². The SMILES string of the molecule is COc1c(C)cnc(I)c1OC(F)(F)F. The molecule has 0 unspecified atom stereocenters. The van der Waals surface area contributed by atoms with Gasteiger partial charge < -0.3 is 9.47 Å². The summed E-state index contributed by atoms with van der Waals surface area (Å²) >= 11 is 1.65. The van der Waals surface area contributed by atoms with Crippen molar-refractivity contribution in [3.05, 3.63) is 15.5 Å². The van der Waals surface area contributed by atoms with E-state index in [0.29, 0.717) is 5.56 Å². The number of halogens is 4. The Balaban J connectivity index is 3.20. The van der Waals surface area contributed by atoms with Crippen LogP contribution in [0.25, 0.3) is 0 Å². The van der Waals surface area contributed by atoms with E-state index in [1.54, 1.807) is 29.5 Å². The normalized spacial score (nSPS) is 11.3. The molecule has 84 valence electrons. The van der Waals surface area contributed by atoms with Crippen molar-refractivity contribution in [2.75, 3.05) is 7.11 Å². The third kappa shape index (κ3) is 3.11. The topological polar surface area (TPSA) is 31.4 Å². The highest BCUT2D eigenvalue weighted by Crippen LogP contribution is 2.37. The molecule has 1 aromatic rings. The Hall–Kier alpha value is -0.730. The monoisotopic (exact) mass is 333 g/mol. The molecule has 0 atom stereocenters. The smallest absolute Gasteiger partial charge is 0.492 e. The molecule has 0 saturated heterocycles. The van der Waals surface area contributed by atoms with E-state index in [1.807, 2.05) is 0 Å². The minimum Gasteiger partial charge on any atom is -0.492 e. The molecule has 0 aromatic carbocycles. The lowest BCUT2D eigenvalue weighted by Crippen LogP contribution is -2.19. The van der Waals surface area contributed by atoms with Gasteiger partial charge in [-0.15, -0.1) is 13.2 Å². The number of ether oxygens (including phenoxy) is 2. The zero-order chi connectivity index (χ0) is 11.6. The van der Waals surface area contributed by atoms with Crippen molar-refractivity contribution in [2.45, 2.75) is 13.3 Å². The average molecular weight is 333 g/mol. The van der Waals surface area contributed by atoms with Crippen LogP contribution in [0.4, 0.5) is 13.2 Å². The molecule has 0 spiro atoms. The lowest BCUT2D eigenvalue weighted by Gasteiger charge is -2.14. The summed E-state index contributed by atoms with van der Waals surface area (Å²) in [6, 6.07) is 0. The summed E-state index contributed by atoms with van der Waals surface area (Å²) in [5.74, 6) is -0.350.